The predicted octanol–water partition coefficient (Wildman–Crippen LogP) is 2.77. The number of nitrogens with zero attached hydrogens (tertiary/aromatic N) is 1. The van der Waals surface area contributed by atoms with Crippen molar-refractivity contribution in [1.29, 1.82) is 5.41 Å². The molecule has 0 fully saturated rings. The average molecular weight is 446 g/mol. The Kier molecular flexibility index (Phi) is 14.0. The Bertz CT molecular complexity index is 732. The van der Waals surface area contributed by atoms with E-state index in [9.17, 15) is 9.59 Å². The molecule has 0 radical (unpaired) electrons. The van der Waals surface area contributed by atoms with Gasteiger partial charge in [0.2, 0.25) is 0 Å². The van der Waals surface area contributed by atoms with Gasteiger partial charge in [-0.05, 0) is 44.4 Å². The number of urea groups is 1. The molecule has 0 atom stereocenters. The maximum atomic E-state index is 11.8. The quantitative estimate of drug-likeness (QED) is 0.132. The molecule has 178 valence electrons. The van der Waals surface area contributed by atoms with Crippen LogP contribution in [0.3, 0.4) is 0 Å². The first kappa shape index (κ1) is 26.9. The van der Waals surface area contributed by atoms with E-state index in [0.717, 1.165) is 49.9 Å². The number of hydrogen-bond acceptors (Lipinski definition) is 5. The number of carbonyl (C=O) groups excluding carboxylic acids is 2. The Balaban J connectivity index is 2.12. The zero-order valence-electron chi connectivity index (χ0n) is 19.4. The van der Waals surface area contributed by atoms with E-state index in [-0.39, 0.29) is 18.4 Å². The van der Waals surface area contributed by atoms with Crippen LogP contribution in [-0.4, -0.2) is 49.7 Å². The minimum Gasteiger partial charge on any atom is -0.380 e. The molecular weight excluding hydrogens is 406 g/mol. The third-order valence-corrected chi connectivity index (χ3v) is 4.70. The van der Waals surface area contributed by atoms with Crippen LogP contribution in [0.2, 0.25) is 0 Å². The summed E-state index contributed by atoms with van der Waals surface area (Å²) in [5.74, 6) is 0.676. The number of guanidine groups is 1. The number of nitrogens with one attached hydrogen (secondary N) is 5. The van der Waals surface area contributed by atoms with Crippen molar-refractivity contribution in [2.24, 2.45) is 10.7 Å². The van der Waals surface area contributed by atoms with Gasteiger partial charge in [-0.2, -0.15) is 0 Å². The molecule has 9 nitrogen and oxygen atoms in total. The molecule has 9 heteroatoms. The van der Waals surface area contributed by atoms with Gasteiger partial charge in [-0.25, -0.2) is 9.79 Å². The van der Waals surface area contributed by atoms with Crippen LogP contribution >= 0.6 is 0 Å². The van der Waals surface area contributed by atoms with Gasteiger partial charge in [-0.3, -0.25) is 0 Å². The largest absolute Gasteiger partial charge is 0.380 e. The molecule has 0 saturated carbocycles. The van der Waals surface area contributed by atoms with Gasteiger partial charge in [0, 0.05) is 30.9 Å². The highest BCUT2D eigenvalue weighted by molar-refractivity contribution is 5.90. The van der Waals surface area contributed by atoms with E-state index in [4.69, 9.17) is 11.1 Å². The second-order valence-electron chi connectivity index (χ2n) is 7.72. The number of benzene rings is 1. The fourth-order valence-corrected chi connectivity index (χ4v) is 2.89. The number of rotatable bonds is 16. The van der Waals surface area contributed by atoms with Gasteiger partial charge in [0.05, 0.1) is 19.6 Å². The van der Waals surface area contributed by atoms with Crippen LogP contribution in [0.25, 0.3) is 0 Å². The summed E-state index contributed by atoms with van der Waals surface area (Å²) in [6.45, 7) is 5.99. The molecule has 0 aliphatic heterocycles. The van der Waals surface area contributed by atoms with E-state index >= 15 is 0 Å². The van der Waals surface area contributed by atoms with Gasteiger partial charge in [-0.1, -0.05) is 31.4 Å². The number of aliphatic imine (C=N–C) groups is 1. The number of nitrogens with two attached hydrogens (primary N) is 1. The number of unbranched alkanes of at least 4 members (excludes halogenated alkanes) is 4. The number of Topliss-reactive ketones (excluding diaryl/α,β-unsaturated/α-hetero) is 1. The second-order valence-corrected chi connectivity index (χ2v) is 7.72. The fraction of sp³-hybridized carbons (Fsp3) is 0.565. The fourth-order valence-electron chi connectivity index (χ4n) is 2.89. The van der Waals surface area contributed by atoms with Crippen LogP contribution in [0.4, 0.5) is 10.5 Å². The molecule has 0 aliphatic rings. The van der Waals surface area contributed by atoms with Gasteiger partial charge in [0.1, 0.15) is 5.78 Å². The smallest absolute Gasteiger partial charge is 0.315 e. The first-order valence-corrected chi connectivity index (χ1v) is 11.3. The van der Waals surface area contributed by atoms with Crippen LogP contribution in [0.1, 0.15) is 57.9 Å². The van der Waals surface area contributed by atoms with Crippen molar-refractivity contribution in [1.82, 2.24) is 16.0 Å². The first-order chi connectivity index (χ1) is 15.4. The van der Waals surface area contributed by atoms with Crippen LogP contribution in [0.15, 0.2) is 29.3 Å². The predicted molar refractivity (Wildman–Crippen MR) is 131 cm³/mol. The zero-order valence-corrected chi connectivity index (χ0v) is 19.4. The molecule has 32 heavy (non-hydrogen) atoms. The highest BCUT2D eigenvalue weighted by atomic mass is 16.2. The van der Waals surface area contributed by atoms with Gasteiger partial charge in [0.15, 0.2) is 5.96 Å². The van der Waals surface area contributed by atoms with Crippen LogP contribution in [-0.2, 0) is 11.3 Å². The molecule has 0 spiro atoms. The normalized spacial score (nSPS) is 11.0. The van der Waals surface area contributed by atoms with E-state index < -0.39 is 0 Å². The van der Waals surface area contributed by atoms with Gasteiger partial charge >= 0.3 is 6.03 Å². The van der Waals surface area contributed by atoms with Crippen molar-refractivity contribution in [2.45, 2.75) is 58.9 Å². The first-order valence-electron chi connectivity index (χ1n) is 11.3. The van der Waals surface area contributed by atoms with E-state index in [1.54, 1.807) is 6.92 Å². The Hall–Kier alpha value is -3.10. The van der Waals surface area contributed by atoms with Gasteiger partial charge in [0.25, 0.3) is 0 Å². The Morgan fingerprint density at radius 2 is 1.66 bits per heavy atom. The number of ketones is 1. The highest BCUT2D eigenvalue weighted by Crippen LogP contribution is 2.10. The lowest BCUT2D eigenvalue weighted by Crippen LogP contribution is -2.39. The molecule has 1 aromatic rings. The zero-order chi connectivity index (χ0) is 23.6. The topological polar surface area (TPSA) is 144 Å². The van der Waals surface area contributed by atoms with Crippen LogP contribution in [0.5, 0.6) is 0 Å². The van der Waals surface area contributed by atoms with Crippen LogP contribution < -0.4 is 27.0 Å². The summed E-state index contributed by atoms with van der Waals surface area (Å²) in [6, 6.07) is 7.53. The average Bonchev–Trinajstić information content (AvgIpc) is 2.77. The molecule has 7 N–H and O–H groups in total. The maximum absolute atomic E-state index is 11.8. The standard InChI is InChI=1S/C23H39N7O2/c1-3-26-22(25)29-15-19-10-12-21(13-11-19)28-16-20(24)17-30-23(32)27-14-8-6-4-5-7-9-18(2)31/h10-13,24,28H,3-9,14-17H2,1-2H3,(H3,25,26,29)(H2,27,30,32). The summed E-state index contributed by atoms with van der Waals surface area (Å²) in [7, 11) is 0. The van der Waals surface area contributed by atoms with E-state index in [0.29, 0.717) is 37.7 Å². The maximum Gasteiger partial charge on any atom is 0.315 e. The molecule has 0 bridgehead atoms. The van der Waals surface area contributed by atoms with Crippen molar-refractivity contribution in [3.8, 4) is 0 Å². The summed E-state index contributed by atoms with van der Waals surface area (Å²) >= 11 is 0. The molecule has 0 aliphatic carbocycles. The summed E-state index contributed by atoms with van der Waals surface area (Å²) in [5.41, 5.74) is 8.04. The second kappa shape index (κ2) is 16.6. The Labute approximate surface area is 191 Å². The summed E-state index contributed by atoms with van der Waals surface area (Å²) in [4.78, 5) is 26.9. The van der Waals surface area contributed by atoms with Crippen molar-refractivity contribution < 1.29 is 9.59 Å². The summed E-state index contributed by atoms with van der Waals surface area (Å²) in [5, 5.41) is 19.6. The SMILES string of the molecule is CCNC(N)=NCc1ccc(NCC(=N)CNC(=O)NCCCCCCCC(C)=O)cc1. The molecule has 0 unspecified atom stereocenters. The Morgan fingerprint density at radius 3 is 2.34 bits per heavy atom. The summed E-state index contributed by atoms with van der Waals surface area (Å²) in [6.07, 6.45) is 5.68. The molecule has 1 aromatic carbocycles. The number of anilines is 1. The monoisotopic (exact) mass is 445 g/mol. The third kappa shape index (κ3) is 14.0. The molecule has 2 amide bonds. The van der Waals surface area contributed by atoms with E-state index in [1.807, 2.05) is 31.2 Å². The van der Waals surface area contributed by atoms with Gasteiger partial charge in [-0.15, -0.1) is 0 Å². The van der Waals surface area contributed by atoms with E-state index in [1.165, 1.54) is 0 Å². The highest BCUT2D eigenvalue weighted by Gasteiger charge is 2.03. The lowest BCUT2D eigenvalue weighted by atomic mass is 10.1. The minimum atomic E-state index is -0.256. The number of carbonyl (C=O) groups is 2. The van der Waals surface area contributed by atoms with E-state index in [2.05, 4.69) is 26.3 Å². The molecule has 1 rings (SSSR count). The minimum absolute atomic E-state index is 0.195. The van der Waals surface area contributed by atoms with Crippen LogP contribution in [0, 0.1) is 5.41 Å². The van der Waals surface area contributed by atoms with Gasteiger partial charge < -0.3 is 37.2 Å². The molecule has 0 aromatic heterocycles. The van der Waals surface area contributed by atoms with Crippen molar-refractivity contribution >= 4 is 29.2 Å². The third-order valence-electron chi connectivity index (χ3n) is 4.70. The number of amides is 2. The van der Waals surface area contributed by atoms with Crippen molar-refractivity contribution in [2.75, 3.05) is 31.5 Å². The lowest BCUT2D eigenvalue weighted by Gasteiger charge is -2.10. The summed E-state index contributed by atoms with van der Waals surface area (Å²) < 4.78 is 0. The van der Waals surface area contributed by atoms with Crippen molar-refractivity contribution in [3.63, 3.8) is 0 Å². The number of hydrogen-bond donors (Lipinski definition) is 6. The Morgan fingerprint density at radius 1 is 0.969 bits per heavy atom. The lowest BCUT2D eigenvalue weighted by molar-refractivity contribution is -0.117. The molecule has 0 heterocycles. The molecular formula is C23H39N7O2. The van der Waals surface area contributed by atoms with Crippen molar-refractivity contribution in [3.05, 3.63) is 29.8 Å². The molecule has 0 saturated heterocycles.